The third-order valence-corrected chi connectivity index (χ3v) is 3.84. The van der Waals surface area contributed by atoms with E-state index in [1.54, 1.807) is 42.5 Å². The number of carbonyl (C=O) groups is 2. The molecule has 118 valence electrons. The van der Waals surface area contributed by atoms with Crippen LogP contribution in [0.15, 0.2) is 48.5 Å². The first-order chi connectivity index (χ1) is 11.0. The molecule has 0 fully saturated rings. The Morgan fingerprint density at radius 2 is 1.65 bits per heavy atom. The van der Waals surface area contributed by atoms with E-state index in [-0.39, 0.29) is 11.0 Å². The summed E-state index contributed by atoms with van der Waals surface area (Å²) >= 11 is 12.8. The van der Waals surface area contributed by atoms with Gasteiger partial charge in [-0.15, -0.1) is 0 Å². The van der Waals surface area contributed by atoms with E-state index < -0.39 is 5.91 Å². The zero-order valence-electron chi connectivity index (χ0n) is 11.6. The van der Waals surface area contributed by atoms with Crippen LogP contribution in [0.1, 0.15) is 20.7 Å². The molecule has 0 aliphatic carbocycles. The molecule has 0 aromatic heterocycles. The smallest absolute Gasteiger partial charge is 0.269 e. The van der Waals surface area contributed by atoms with Crippen molar-refractivity contribution in [1.29, 1.82) is 0 Å². The molecule has 0 bridgehead atoms. The van der Waals surface area contributed by atoms with Gasteiger partial charge in [0.05, 0.1) is 0 Å². The van der Waals surface area contributed by atoms with Gasteiger partial charge in [-0.05, 0) is 77.3 Å². The molecule has 0 heterocycles. The van der Waals surface area contributed by atoms with Crippen molar-refractivity contribution in [2.24, 2.45) is 0 Å². The van der Waals surface area contributed by atoms with Crippen LogP contribution in [0.5, 0.6) is 0 Å². The first kappa shape index (κ1) is 17.6. The van der Waals surface area contributed by atoms with Gasteiger partial charge in [-0.2, -0.15) is 0 Å². The van der Waals surface area contributed by atoms with Gasteiger partial charge in [-0.1, -0.05) is 17.7 Å². The van der Waals surface area contributed by atoms with Gasteiger partial charge >= 0.3 is 0 Å². The quantitative estimate of drug-likeness (QED) is 0.367. The van der Waals surface area contributed by atoms with Crippen LogP contribution in [0, 0.1) is 3.57 Å². The number of nitrogens with one attached hydrogen (secondary N) is 3. The van der Waals surface area contributed by atoms with E-state index in [0.29, 0.717) is 16.1 Å². The van der Waals surface area contributed by atoms with Gasteiger partial charge < -0.3 is 0 Å². The molecule has 2 aromatic carbocycles. The van der Waals surface area contributed by atoms with Gasteiger partial charge in [0.2, 0.25) is 0 Å². The second-order valence-electron chi connectivity index (χ2n) is 4.38. The van der Waals surface area contributed by atoms with E-state index in [1.165, 1.54) is 0 Å². The van der Waals surface area contributed by atoms with Crippen LogP contribution in [0.25, 0.3) is 0 Å². The molecule has 0 radical (unpaired) electrons. The van der Waals surface area contributed by atoms with Crippen LogP contribution in [-0.4, -0.2) is 16.9 Å². The Bertz CT molecular complexity index is 753. The summed E-state index contributed by atoms with van der Waals surface area (Å²) in [5.74, 6) is -0.755. The highest BCUT2D eigenvalue weighted by Gasteiger charge is 2.09. The number of benzene rings is 2. The number of carbonyl (C=O) groups excluding carboxylic acids is 2. The number of thiocarbonyl (C=S) groups is 1. The van der Waals surface area contributed by atoms with Crippen LogP contribution in [0.4, 0.5) is 0 Å². The monoisotopic (exact) mass is 459 g/mol. The van der Waals surface area contributed by atoms with Crippen molar-refractivity contribution in [3.63, 3.8) is 0 Å². The third-order valence-electron chi connectivity index (χ3n) is 2.71. The van der Waals surface area contributed by atoms with Gasteiger partial charge in [0.15, 0.2) is 5.11 Å². The summed E-state index contributed by atoms with van der Waals surface area (Å²) in [7, 11) is 0. The number of hydrogen-bond acceptors (Lipinski definition) is 3. The van der Waals surface area contributed by atoms with Crippen molar-refractivity contribution >= 4 is 63.3 Å². The molecular formula is C15H11ClIN3O2S. The second-order valence-corrected chi connectivity index (χ2v) is 6.47. The van der Waals surface area contributed by atoms with Gasteiger partial charge in [0.1, 0.15) is 0 Å². The molecule has 2 amide bonds. The first-order valence-corrected chi connectivity index (χ1v) is 8.25. The summed E-state index contributed by atoms with van der Waals surface area (Å²) in [5, 5.41) is 3.01. The predicted molar refractivity (Wildman–Crippen MR) is 101 cm³/mol. The molecular weight excluding hydrogens is 449 g/mol. The lowest BCUT2D eigenvalue weighted by Crippen LogP contribution is -2.48. The topological polar surface area (TPSA) is 70.2 Å². The molecule has 2 aromatic rings. The zero-order valence-corrected chi connectivity index (χ0v) is 15.3. The summed E-state index contributed by atoms with van der Waals surface area (Å²) in [6.45, 7) is 0. The SMILES string of the molecule is O=C(NNC(=S)NC(=O)c1cccc(I)c1)c1ccc(Cl)cc1. The van der Waals surface area contributed by atoms with Crippen molar-refractivity contribution < 1.29 is 9.59 Å². The molecule has 2 rings (SSSR count). The molecule has 23 heavy (non-hydrogen) atoms. The Kier molecular flexibility index (Phi) is 6.31. The molecule has 0 unspecified atom stereocenters. The summed E-state index contributed by atoms with van der Waals surface area (Å²) in [5.41, 5.74) is 5.76. The van der Waals surface area contributed by atoms with Crippen molar-refractivity contribution in [2.75, 3.05) is 0 Å². The Balaban J connectivity index is 1.86. The van der Waals surface area contributed by atoms with Crippen LogP contribution >= 0.6 is 46.4 Å². The Morgan fingerprint density at radius 3 is 2.30 bits per heavy atom. The highest BCUT2D eigenvalue weighted by atomic mass is 127. The van der Waals surface area contributed by atoms with Gasteiger partial charge in [-0.25, -0.2) is 0 Å². The Hall–Kier alpha value is -1.71. The first-order valence-electron chi connectivity index (χ1n) is 6.38. The lowest BCUT2D eigenvalue weighted by molar-refractivity contribution is 0.0934. The van der Waals surface area contributed by atoms with E-state index in [9.17, 15) is 9.59 Å². The molecule has 0 aliphatic rings. The van der Waals surface area contributed by atoms with Crippen molar-refractivity contribution in [2.45, 2.75) is 0 Å². The van der Waals surface area contributed by atoms with E-state index in [4.69, 9.17) is 23.8 Å². The molecule has 3 N–H and O–H groups in total. The van der Waals surface area contributed by atoms with Crippen molar-refractivity contribution in [3.05, 3.63) is 68.3 Å². The maximum absolute atomic E-state index is 12.0. The average Bonchev–Trinajstić information content (AvgIpc) is 2.53. The fourth-order valence-electron chi connectivity index (χ4n) is 1.62. The fourth-order valence-corrected chi connectivity index (χ4v) is 2.44. The van der Waals surface area contributed by atoms with Crippen molar-refractivity contribution in [1.82, 2.24) is 16.2 Å². The number of rotatable bonds is 2. The summed E-state index contributed by atoms with van der Waals surface area (Å²) in [6, 6.07) is 13.4. The minimum Gasteiger partial charge on any atom is -0.298 e. The van der Waals surface area contributed by atoms with Gasteiger partial charge in [0.25, 0.3) is 11.8 Å². The molecule has 0 saturated carbocycles. The Morgan fingerprint density at radius 1 is 0.957 bits per heavy atom. The molecule has 5 nitrogen and oxygen atoms in total. The number of amides is 2. The summed E-state index contributed by atoms with van der Waals surface area (Å²) < 4.78 is 0.935. The largest absolute Gasteiger partial charge is 0.298 e. The third kappa shape index (κ3) is 5.45. The standard InChI is InChI=1S/C15H11ClIN3O2S/c16-11-6-4-9(5-7-11)14(22)19-20-15(23)18-13(21)10-2-1-3-12(17)8-10/h1-8H,(H,19,22)(H2,18,20,21,23). The average molecular weight is 460 g/mol. The maximum atomic E-state index is 12.0. The minimum atomic E-state index is -0.396. The number of hydrazine groups is 1. The van der Waals surface area contributed by atoms with Crippen molar-refractivity contribution in [3.8, 4) is 0 Å². The summed E-state index contributed by atoms with van der Waals surface area (Å²) in [4.78, 5) is 23.9. The van der Waals surface area contributed by atoms with Gasteiger partial charge in [-0.3, -0.25) is 25.8 Å². The summed E-state index contributed by atoms with van der Waals surface area (Å²) in [6.07, 6.45) is 0. The zero-order chi connectivity index (χ0) is 16.8. The normalized spacial score (nSPS) is 9.83. The maximum Gasteiger partial charge on any atom is 0.269 e. The van der Waals surface area contributed by atoms with Crippen LogP contribution < -0.4 is 16.2 Å². The van der Waals surface area contributed by atoms with Crippen LogP contribution in [-0.2, 0) is 0 Å². The van der Waals surface area contributed by atoms with E-state index >= 15 is 0 Å². The van der Waals surface area contributed by atoms with Crippen LogP contribution in [0.2, 0.25) is 5.02 Å². The second kappa shape index (κ2) is 8.23. The number of halogens is 2. The molecule has 0 aliphatic heterocycles. The highest BCUT2D eigenvalue weighted by Crippen LogP contribution is 2.09. The van der Waals surface area contributed by atoms with E-state index in [2.05, 4.69) is 38.8 Å². The highest BCUT2D eigenvalue weighted by molar-refractivity contribution is 14.1. The molecule has 0 atom stereocenters. The lowest BCUT2D eigenvalue weighted by atomic mass is 10.2. The molecule has 0 saturated heterocycles. The van der Waals surface area contributed by atoms with E-state index in [1.807, 2.05) is 6.07 Å². The minimum absolute atomic E-state index is 0.00354. The van der Waals surface area contributed by atoms with Gasteiger partial charge in [0, 0.05) is 19.7 Å². The predicted octanol–water partition coefficient (Wildman–Crippen LogP) is 2.89. The fraction of sp³-hybridized carbons (Fsp3) is 0. The molecule has 0 spiro atoms. The van der Waals surface area contributed by atoms with Crippen LogP contribution in [0.3, 0.4) is 0 Å². The lowest BCUT2D eigenvalue weighted by Gasteiger charge is -2.11. The Labute approximate surface area is 156 Å². The molecule has 8 heteroatoms. The number of hydrogen-bond donors (Lipinski definition) is 3. The van der Waals surface area contributed by atoms with E-state index in [0.717, 1.165) is 3.57 Å².